The molecule has 9 nitrogen and oxygen atoms in total. The van der Waals surface area contributed by atoms with Gasteiger partial charge in [0, 0.05) is 16.4 Å². The first-order valence-electron chi connectivity index (χ1n) is 7.71. The molecule has 1 heterocycles. The summed E-state index contributed by atoms with van der Waals surface area (Å²) in [5.74, 6) is 0. The van der Waals surface area contributed by atoms with Crippen molar-refractivity contribution >= 4 is 0 Å². The highest BCUT2D eigenvalue weighted by molar-refractivity contribution is 4.87. The van der Waals surface area contributed by atoms with E-state index in [1.165, 1.54) is 6.42 Å². The lowest BCUT2D eigenvalue weighted by Gasteiger charge is -2.30. The number of hydrogen-bond acceptors (Lipinski definition) is 5. The van der Waals surface area contributed by atoms with Crippen molar-refractivity contribution in [3.63, 3.8) is 0 Å². The molecule has 2 aliphatic rings. The van der Waals surface area contributed by atoms with E-state index in [0.717, 1.165) is 45.1 Å². The van der Waals surface area contributed by atoms with Crippen LogP contribution in [0.1, 0.15) is 44.9 Å². The number of hydrogen-bond donors (Lipinski definition) is 3. The van der Waals surface area contributed by atoms with E-state index in [4.69, 9.17) is 11.1 Å². The summed E-state index contributed by atoms with van der Waals surface area (Å²) in [6, 6.07) is 0. The van der Waals surface area contributed by atoms with Crippen LogP contribution in [0.2, 0.25) is 0 Å². The van der Waals surface area contributed by atoms with Gasteiger partial charge >= 0.3 is 0 Å². The largest absolute Gasteiger partial charge is 0.390 e. The zero-order chi connectivity index (χ0) is 16.3. The smallest absolute Gasteiger partial charge is 0.0828 e. The maximum absolute atomic E-state index is 9.74. The first-order valence-corrected chi connectivity index (χ1v) is 7.71. The highest BCUT2D eigenvalue weighted by Gasteiger charge is 2.28. The van der Waals surface area contributed by atoms with Gasteiger partial charge in [0.2, 0.25) is 0 Å². The second-order valence-electron chi connectivity index (χ2n) is 6.07. The Bertz CT molecular complexity index is 378. The van der Waals surface area contributed by atoms with Gasteiger partial charge in [0.05, 0.1) is 24.3 Å². The van der Waals surface area contributed by atoms with Gasteiger partial charge in [-0.1, -0.05) is 29.5 Å². The third-order valence-electron chi connectivity index (χ3n) is 4.09. The maximum atomic E-state index is 9.74. The van der Waals surface area contributed by atoms with Crippen LogP contribution in [0.3, 0.4) is 0 Å². The highest BCUT2D eigenvalue weighted by atomic mass is 16.3. The minimum atomic E-state index is -0.801. The number of β-amino-alcohol motifs (C(OH)–C–C–N with tert-alkyl or cyclic N) is 1. The highest BCUT2D eigenvalue weighted by Crippen LogP contribution is 2.28. The Balaban J connectivity index is 0.000000220. The Morgan fingerprint density at radius 3 is 1.91 bits per heavy atom. The molecule has 0 aromatic carbocycles. The van der Waals surface area contributed by atoms with Gasteiger partial charge in [0.25, 0.3) is 0 Å². The van der Waals surface area contributed by atoms with E-state index in [9.17, 15) is 10.2 Å². The van der Waals surface area contributed by atoms with Crippen molar-refractivity contribution in [3.8, 4) is 0 Å². The normalized spacial score (nSPS) is 26.6. The Hall–Kier alpha value is -1.50. The molecular weight excluding hydrogens is 286 g/mol. The monoisotopic (exact) mass is 311 g/mol. The SMILES string of the molecule is [N-]=[N+]=NCC1(O)CCCCC1.[N-]=[N+]=NCC1(O)CCCNC1. The summed E-state index contributed by atoms with van der Waals surface area (Å²) in [6.45, 7) is 1.89. The van der Waals surface area contributed by atoms with Crippen molar-refractivity contribution in [2.24, 2.45) is 10.2 Å². The molecule has 124 valence electrons. The number of aliphatic hydroxyl groups is 2. The van der Waals surface area contributed by atoms with Crippen LogP contribution in [0.4, 0.5) is 0 Å². The standard InChI is InChI=1S/C7H13N3O.C6H12N4O/c8-10-9-6-7(11)4-2-1-3-5-7;7-10-9-5-6(11)2-1-3-8-4-6/h11H,1-6H2;8,11H,1-5H2. The van der Waals surface area contributed by atoms with Crippen molar-refractivity contribution in [2.45, 2.75) is 56.1 Å². The lowest BCUT2D eigenvalue weighted by molar-refractivity contribution is 0.0129. The zero-order valence-electron chi connectivity index (χ0n) is 12.9. The Labute approximate surface area is 130 Å². The van der Waals surface area contributed by atoms with E-state index in [0.29, 0.717) is 6.54 Å². The van der Waals surface area contributed by atoms with E-state index in [-0.39, 0.29) is 13.1 Å². The van der Waals surface area contributed by atoms with Crippen molar-refractivity contribution in [1.29, 1.82) is 0 Å². The van der Waals surface area contributed by atoms with Gasteiger partial charge in [-0.3, -0.25) is 0 Å². The second-order valence-corrected chi connectivity index (χ2v) is 6.07. The van der Waals surface area contributed by atoms with E-state index in [1.54, 1.807) is 0 Å². The van der Waals surface area contributed by atoms with Crippen LogP contribution >= 0.6 is 0 Å². The fraction of sp³-hybridized carbons (Fsp3) is 1.00. The van der Waals surface area contributed by atoms with Gasteiger partial charge in [-0.25, -0.2) is 0 Å². The molecule has 1 aliphatic carbocycles. The fourth-order valence-electron chi connectivity index (χ4n) is 2.78. The fourth-order valence-corrected chi connectivity index (χ4v) is 2.78. The van der Waals surface area contributed by atoms with Crippen molar-refractivity contribution in [2.75, 3.05) is 26.2 Å². The van der Waals surface area contributed by atoms with Gasteiger partial charge < -0.3 is 15.5 Å². The molecule has 2 rings (SSSR count). The van der Waals surface area contributed by atoms with Crippen LogP contribution in [0, 0.1) is 0 Å². The Kier molecular flexibility index (Phi) is 8.01. The summed E-state index contributed by atoms with van der Waals surface area (Å²) in [7, 11) is 0. The molecule has 9 heteroatoms. The predicted octanol–water partition coefficient (Wildman–Crippen LogP) is 2.40. The van der Waals surface area contributed by atoms with Crippen LogP contribution in [0.15, 0.2) is 10.2 Å². The summed E-state index contributed by atoms with van der Waals surface area (Å²) < 4.78 is 0. The van der Waals surface area contributed by atoms with Crippen LogP contribution in [0.5, 0.6) is 0 Å². The minimum Gasteiger partial charge on any atom is -0.390 e. The van der Waals surface area contributed by atoms with E-state index in [1.807, 2.05) is 0 Å². The summed E-state index contributed by atoms with van der Waals surface area (Å²) in [5.41, 5.74) is 14.6. The number of nitrogens with zero attached hydrogens (tertiary/aromatic N) is 6. The number of rotatable bonds is 4. The quantitative estimate of drug-likeness (QED) is 0.415. The predicted molar refractivity (Wildman–Crippen MR) is 83.1 cm³/mol. The molecule has 0 aromatic heterocycles. The molecule has 0 aromatic rings. The lowest BCUT2D eigenvalue weighted by Crippen LogP contribution is -2.47. The average molecular weight is 311 g/mol. The zero-order valence-corrected chi connectivity index (χ0v) is 12.9. The third kappa shape index (κ3) is 6.98. The first-order chi connectivity index (χ1) is 10.5. The van der Waals surface area contributed by atoms with E-state index < -0.39 is 11.2 Å². The molecular formula is C13H25N7O2. The van der Waals surface area contributed by atoms with Gasteiger partial charge in [-0.05, 0) is 43.3 Å². The van der Waals surface area contributed by atoms with E-state index >= 15 is 0 Å². The maximum Gasteiger partial charge on any atom is 0.0828 e. The molecule has 2 fully saturated rings. The molecule has 3 N–H and O–H groups in total. The molecule has 1 atom stereocenters. The van der Waals surface area contributed by atoms with Gasteiger partial charge in [-0.15, -0.1) is 0 Å². The molecule has 0 bridgehead atoms. The average Bonchev–Trinajstić information content (AvgIpc) is 2.53. The van der Waals surface area contributed by atoms with Crippen LogP contribution < -0.4 is 5.32 Å². The van der Waals surface area contributed by atoms with Gasteiger partial charge in [-0.2, -0.15) is 0 Å². The van der Waals surface area contributed by atoms with Crippen LogP contribution in [0.25, 0.3) is 20.9 Å². The molecule has 0 spiro atoms. The van der Waals surface area contributed by atoms with Crippen molar-refractivity contribution < 1.29 is 10.2 Å². The minimum absolute atomic E-state index is 0.177. The number of nitrogens with one attached hydrogen (secondary N) is 1. The summed E-state index contributed by atoms with van der Waals surface area (Å²) in [5, 5.41) is 29.2. The van der Waals surface area contributed by atoms with Gasteiger partial charge in [0.15, 0.2) is 0 Å². The second kappa shape index (κ2) is 9.50. The third-order valence-corrected chi connectivity index (χ3v) is 4.09. The summed E-state index contributed by atoms with van der Waals surface area (Å²) in [4.78, 5) is 5.25. The molecule has 1 unspecified atom stereocenters. The van der Waals surface area contributed by atoms with Gasteiger partial charge in [0.1, 0.15) is 0 Å². The molecule has 1 aliphatic heterocycles. The molecule has 1 saturated heterocycles. The topological polar surface area (TPSA) is 150 Å². The Morgan fingerprint density at radius 2 is 1.41 bits per heavy atom. The van der Waals surface area contributed by atoms with E-state index in [2.05, 4.69) is 25.4 Å². The van der Waals surface area contributed by atoms with Crippen molar-refractivity contribution in [1.82, 2.24) is 5.32 Å². The summed E-state index contributed by atoms with van der Waals surface area (Å²) in [6.07, 6.45) is 6.53. The molecule has 0 amide bonds. The van der Waals surface area contributed by atoms with Crippen LogP contribution in [-0.4, -0.2) is 47.6 Å². The first kappa shape index (κ1) is 18.5. The molecule has 22 heavy (non-hydrogen) atoms. The summed E-state index contributed by atoms with van der Waals surface area (Å²) >= 11 is 0. The number of piperidine rings is 1. The van der Waals surface area contributed by atoms with Crippen molar-refractivity contribution in [3.05, 3.63) is 20.9 Å². The molecule has 0 radical (unpaired) electrons. The molecule has 1 saturated carbocycles. The number of azide groups is 2. The van der Waals surface area contributed by atoms with Crippen LogP contribution in [-0.2, 0) is 0 Å². The Morgan fingerprint density at radius 1 is 0.864 bits per heavy atom. The lowest BCUT2D eigenvalue weighted by atomic mass is 9.85.